The average molecular weight is 297 g/mol. The van der Waals surface area contributed by atoms with E-state index in [0.29, 0.717) is 11.7 Å². The van der Waals surface area contributed by atoms with Crippen LogP contribution in [0.5, 0.6) is 0 Å². The summed E-state index contributed by atoms with van der Waals surface area (Å²) in [5, 5.41) is 3.21. The highest BCUT2D eigenvalue weighted by atomic mass is 32.2. The van der Waals surface area contributed by atoms with Crippen molar-refractivity contribution in [3.8, 4) is 0 Å². The molecule has 0 saturated heterocycles. The molecule has 0 aliphatic heterocycles. The van der Waals surface area contributed by atoms with E-state index in [4.69, 9.17) is 0 Å². The van der Waals surface area contributed by atoms with Crippen molar-refractivity contribution in [3.63, 3.8) is 0 Å². The summed E-state index contributed by atoms with van der Waals surface area (Å²) in [7, 11) is -0.880. The molecule has 20 heavy (non-hydrogen) atoms. The van der Waals surface area contributed by atoms with E-state index in [2.05, 4.69) is 36.5 Å². The molecule has 0 spiro atoms. The average Bonchev–Trinajstić information content (AvgIpc) is 2.39. The van der Waals surface area contributed by atoms with Gasteiger partial charge in [-0.3, -0.25) is 0 Å². The van der Waals surface area contributed by atoms with Crippen LogP contribution < -0.4 is 5.32 Å². The largest absolute Gasteiger partial charge is 0.319 e. The Morgan fingerprint density at radius 1 is 1.30 bits per heavy atom. The van der Waals surface area contributed by atoms with Gasteiger partial charge in [-0.25, -0.2) is 8.42 Å². The van der Waals surface area contributed by atoms with Crippen molar-refractivity contribution in [2.45, 2.75) is 33.1 Å². The summed E-state index contributed by atoms with van der Waals surface area (Å²) >= 11 is 0. The van der Waals surface area contributed by atoms with Crippen molar-refractivity contribution in [2.75, 3.05) is 25.1 Å². The summed E-state index contributed by atoms with van der Waals surface area (Å²) in [5.41, 5.74) is 2.61. The maximum atomic E-state index is 11.5. The standard InChI is InChI=1S/C16H27NO2S/c1-4-20(18,19)10-6-9-16(13-17-3)12-15-8-5-7-14(2)11-15/h5,7-8,11,16-17H,4,6,9-10,12-13H2,1-3H3. The Kier molecular flexibility index (Phi) is 7.24. The lowest BCUT2D eigenvalue weighted by molar-refractivity contribution is 0.455. The first-order valence-electron chi connectivity index (χ1n) is 7.37. The lowest BCUT2D eigenvalue weighted by Gasteiger charge is -2.17. The molecule has 0 aromatic heterocycles. The number of nitrogens with one attached hydrogen (secondary N) is 1. The summed E-state index contributed by atoms with van der Waals surface area (Å²) in [6, 6.07) is 8.55. The van der Waals surface area contributed by atoms with Crippen LogP contribution >= 0.6 is 0 Å². The third-order valence-corrected chi connectivity index (χ3v) is 5.40. The summed E-state index contributed by atoms with van der Waals surface area (Å²) in [4.78, 5) is 0. The zero-order valence-electron chi connectivity index (χ0n) is 12.9. The van der Waals surface area contributed by atoms with Crippen molar-refractivity contribution in [1.82, 2.24) is 5.32 Å². The van der Waals surface area contributed by atoms with Crippen LogP contribution in [0.1, 0.15) is 30.9 Å². The Morgan fingerprint density at radius 2 is 2.05 bits per heavy atom. The first kappa shape index (κ1) is 17.2. The van der Waals surface area contributed by atoms with Crippen molar-refractivity contribution < 1.29 is 8.42 Å². The number of hydrogen-bond acceptors (Lipinski definition) is 3. The van der Waals surface area contributed by atoms with E-state index in [-0.39, 0.29) is 5.75 Å². The third kappa shape index (κ3) is 6.53. The van der Waals surface area contributed by atoms with Crippen molar-refractivity contribution >= 4 is 9.84 Å². The SMILES string of the molecule is CCS(=O)(=O)CCCC(CNC)Cc1cccc(C)c1. The molecule has 0 amide bonds. The Hall–Kier alpha value is -0.870. The van der Waals surface area contributed by atoms with Gasteiger partial charge in [0.1, 0.15) is 9.84 Å². The van der Waals surface area contributed by atoms with Crippen LogP contribution in [0.2, 0.25) is 0 Å². The monoisotopic (exact) mass is 297 g/mol. The second-order valence-corrected chi connectivity index (χ2v) is 7.97. The number of rotatable bonds is 9. The molecular weight excluding hydrogens is 270 g/mol. The van der Waals surface area contributed by atoms with Crippen LogP contribution in [0, 0.1) is 12.8 Å². The highest BCUT2D eigenvalue weighted by molar-refractivity contribution is 7.91. The van der Waals surface area contributed by atoms with Crippen molar-refractivity contribution in [1.29, 1.82) is 0 Å². The molecule has 1 N–H and O–H groups in total. The fraction of sp³-hybridized carbons (Fsp3) is 0.625. The number of aryl methyl sites for hydroxylation is 1. The van der Waals surface area contributed by atoms with E-state index in [0.717, 1.165) is 25.8 Å². The Labute approximate surface area is 123 Å². The van der Waals surface area contributed by atoms with E-state index in [1.165, 1.54) is 11.1 Å². The predicted molar refractivity (Wildman–Crippen MR) is 85.9 cm³/mol. The second-order valence-electron chi connectivity index (χ2n) is 5.50. The number of hydrogen-bond donors (Lipinski definition) is 1. The van der Waals surface area contributed by atoms with Gasteiger partial charge in [-0.15, -0.1) is 0 Å². The van der Waals surface area contributed by atoms with Crippen molar-refractivity contribution in [2.24, 2.45) is 5.92 Å². The lowest BCUT2D eigenvalue weighted by Crippen LogP contribution is -2.22. The molecule has 4 heteroatoms. The topological polar surface area (TPSA) is 46.2 Å². The molecule has 3 nitrogen and oxygen atoms in total. The molecule has 0 fully saturated rings. The van der Waals surface area contributed by atoms with Crippen molar-refractivity contribution in [3.05, 3.63) is 35.4 Å². The maximum absolute atomic E-state index is 11.5. The minimum absolute atomic E-state index is 0.252. The molecule has 0 aliphatic carbocycles. The van der Waals surface area contributed by atoms with Gasteiger partial charge in [-0.05, 0) is 51.3 Å². The number of sulfone groups is 1. The fourth-order valence-electron chi connectivity index (χ4n) is 2.47. The Bertz CT molecular complexity index is 497. The molecular formula is C16H27NO2S. The van der Waals surface area contributed by atoms with Crippen LogP contribution in [0.3, 0.4) is 0 Å². The summed E-state index contributed by atoms with van der Waals surface area (Å²) in [5.74, 6) is 1.06. The van der Waals surface area contributed by atoms with E-state index in [1.54, 1.807) is 6.92 Å². The van der Waals surface area contributed by atoms with Crippen LogP contribution in [0.15, 0.2) is 24.3 Å². The van der Waals surface area contributed by atoms with E-state index < -0.39 is 9.84 Å². The summed E-state index contributed by atoms with van der Waals surface area (Å²) in [6.07, 6.45) is 2.72. The van der Waals surface area contributed by atoms with Gasteiger partial charge < -0.3 is 5.32 Å². The van der Waals surface area contributed by atoms with Crippen LogP contribution in [0.25, 0.3) is 0 Å². The second kappa shape index (κ2) is 8.42. The third-order valence-electron chi connectivity index (χ3n) is 3.61. The first-order chi connectivity index (χ1) is 9.46. The molecule has 1 atom stereocenters. The fourth-order valence-corrected chi connectivity index (χ4v) is 3.37. The highest BCUT2D eigenvalue weighted by Gasteiger charge is 2.12. The van der Waals surface area contributed by atoms with Gasteiger partial charge in [0, 0.05) is 5.75 Å². The highest BCUT2D eigenvalue weighted by Crippen LogP contribution is 2.15. The van der Waals surface area contributed by atoms with E-state index >= 15 is 0 Å². The molecule has 0 heterocycles. The zero-order valence-corrected chi connectivity index (χ0v) is 13.7. The first-order valence-corrected chi connectivity index (χ1v) is 9.19. The van der Waals surface area contributed by atoms with Gasteiger partial charge >= 0.3 is 0 Å². The lowest BCUT2D eigenvalue weighted by atomic mass is 9.94. The van der Waals surface area contributed by atoms with E-state index in [9.17, 15) is 8.42 Å². The Morgan fingerprint density at radius 3 is 2.65 bits per heavy atom. The van der Waals surface area contributed by atoms with Gasteiger partial charge in [0.05, 0.1) is 5.75 Å². The van der Waals surface area contributed by atoms with Crippen LogP contribution in [-0.4, -0.2) is 33.5 Å². The molecule has 0 bridgehead atoms. The van der Waals surface area contributed by atoms with Gasteiger partial charge in [-0.1, -0.05) is 36.8 Å². The molecule has 1 aromatic rings. The quantitative estimate of drug-likeness (QED) is 0.762. The van der Waals surface area contributed by atoms with Crippen LogP contribution in [0.4, 0.5) is 0 Å². The summed E-state index contributed by atoms with van der Waals surface area (Å²) in [6.45, 7) is 4.75. The van der Waals surface area contributed by atoms with Gasteiger partial charge in [0.25, 0.3) is 0 Å². The maximum Gasteiger partial charge on any atom is 0.150 e. The normalized spacial score (nSPS) is 13.3. The van der Waals surface area contributed by atoms with Gasteiger partial charge in [-0.2, -0.15) is 0 Å². The molecule has 1 unspecified atom stereocenters. The summed E-state index contributed by atoms with van der Waals surface area (Å²) < 4.78 is 23.1. The number of benzene rings is 1. The Balaban J connectivity index is 2.52. The van der Waals surface area contributed by atoms with Crippen LogP contribution in [-0.2, 0) is 16.3 Å². The minimum Gasteiger partial charge on any atom is -0.319 e. The minimum atomic E-state index is -2.83. The smallest absolute Gasteiger partial charge is 0.150 e. The molecule has 1 rings (SSSR count). The molecule has 1 aromatic carbocycles. The molecule has 0 saturated carbocycles. The predicted octanol–water partition coefficient (Wildman–Crippen LogP) is 2.59. The molecule has 0 aliphatic rings. The molecule has 0 radical (unpaired) electrons. The van der Waals surface area contributed by atoms with Gasteiger partial charge in [0.15, 0.2) is 0 Å². The van der Waals surface area contributed by atoms with Gasteiger partial charge in [0.2, 0.25) is 0 Å². The van der Waals surface area contributed by atoms with E-state index in [1.807, 2.05) is 7.05 Å². The zero-order chi connectivity index (χ0) is 15.0. The molecule has 114 valence electrons.